The molecule has 0 spiro atoms. The highest BCUT2D eigenvalue weighted by Gasteiger charge is 2.51. The first-order valence-electron chi connectivity index (χ1n) is 7.72. The minimum Gasteiger partial charge on any atom is -0.481 e. The Kier molecular flexibility index (Phi) is 3.70. The van der Waals surface area contributed by atoms with Crippen LogP contribution in [-0.2, 0) is 11.2 Å². The molecule has 1 aromatic carbocycles. The third kappa shape index (κ3) is 2.55. The zero-order chi connectivity index (χ0) is 15.0. The molecule has 4 atom stereocenters. The third-order valence-electron chi connectivity index (χ3n) is 5.12. The van der Waals surface area contributed by atoms with Crippen LogP contribution in [0.5, 0.6) is 0 Å². The van der Waals surface area contributed by atoms with Crippen molar-refractivity contribution in [3.05, 3.63) is 35.4 Å². The van der Waals surface area contributed by atoms with Crippen molar-refractivity contribution in [1.82, 2.24) is 5.32 Å². The van der Waals surface area contributed by atoms with Gasteiger partial charge in [-0.2, -0.15) is 0 Å². The fourth-order valence-electron chi connectivity index (χ4n) is 3.98. The maximum atomic E-state index is 12.3. The lowest BCUT2D eigenvalue weighted by Crippen LogP contribution is -2.46. The van der Waals surface area contributed by atoms with Gasteiger partial charge in [-0.3, -0.25) is 9.59 Å². The topological polar surface area (TPSA) is 66.4 Å². The molecular formula is C17H21NO3. The minimum absolute atomic E-state index is 0.151. The molecule has 2 fully saturated rings. The summed E-state index contributed by atoms with van der Waals surface area (Å²) in [5, 5.41) is 12.4. The Morgan fingerprint density at radius 3 is 2.48 bits per heavy atom. The van der Waals surface area contributed by atoms with Crippen molar-refractivity contribution in [2.45, 2.75) is 38.6 Å². The molecule has 4 unspecified atom stereocenters. The largest absolute Gasteiger partial charge is 0.481 e. The van der Waals surface area contributed by atoms with Gasteiger partial charge in [0.05, 0.1) is 5.92 Å². The molecule has 1 amide bonds. The standard InChI is InChI=1S/C17H21NO3/c1-2-10-3-5-11(6-4-10)16(19)18-15-13-8-7-12(9-13)14(15)17(20)21/h3-6,12-15H,2,7-9H2,1H3,(H,18,19)(H,20,21). The molecule has 1 aromatic rings. The molecule has 2 N–H and O–H groups in total. The lowest BCUT2D eigenvalue weighted by Gasteiger charge is -2.28. The highest BCUT2D eigenvalue weighted by Crippen LogP contribution is 2.48. The number of amides is 1. The predicted octanol–water partition coefficient (Wildman–Crippen LogP) is 2.48. The Labute approximate surface area is 124 Å². The molecule has 0 heterocycles. The fraction of sp³-hybridized carbons (Fsp3) is 0.529. The number of fused-ring (bicyclic) bond motifs is 2. The molecule has 21 heavy (non-hydrogen) atoms. The second-order valence-corrected chi connectivity index (χ2v) is 6.25. The van der Waals surface area contributed by atoms with Crippen LogP contribution in [-0.4, -0.2) is 23.0 Å². The van der Waals surface area contributed by atoms with E-state index in [0.29, 0.717) is 11.5 Å². The van der Waals surface area contributed by atoms with Gasteiger partial charge in [0.15, 0.2) is 0 Å². The molecule has 112 valence electrons. The van der Waals surface area contributed by atoms with Gasteiger partial charge < -0.3 is 10.4 Å². The number of hydrogen-bond acceptors (Lipinski definition) is 2. The van der Waals surface area contributed by atoms with Gasteiger partial charge in [0.25, 0.3) is 5.91 Å². The number of rotatable bonds is 4. The van der Waals surface area contributed by atoms with Gasteiger partial charge in [0.2, 0.25) is 0 Å². The maximum absolute atomic E-state index is 12.3. The highest BCUT2D eigenvalue weighted by atomic mass is 16.4. The third-order valence-corrected chi connectivity index (χ3v) is 5.12. The number of nitrogens with one attached hydrogen (secondary N) is 1. The first kappa shape index (κ1) is 14.1. The predicted molar refractivity (Wildman–Crippen MR) is 79.0 cm³/mol. The van der Waals surface area contributed by atoms with Gasteiger partial charge >= 0.3 is 5.97 Å². The van der Waals surface area contributed by atoms with Crippen LogP contribution >= 0.6 is 0 Å². The second kappa shape index (κ2) is 5.51. The van der Waals surface area contributed by atoms with E-state index in [9.17, 15) is 14.7 Å². The molecule has 2 saturated carbocycles. The van der Waals surface area contributed by atoms with Crippen LogP contribution in [0, 0.1) is 17.8 Å². The van der Waals surface area contributed by atoms with E-state index in [-0.39, 0.29) is 17.9 Å². The van der Waals surface area contributed by atoms with Gasteiger partial charge in [-0.25, -0.2) is 0 Å². The highest BCUT2D eigenvalue weighted by molar-refractivity contribution is 5.94. The summed E-state index contributed by atoms with van der Waals surface area (Å²) in [6, 6.07) is 7.32. The van der Waals surface area contributed by atoms with E-state index >= 15 is 0 Å². The molecule has 2 aliphatic carbocycles. The SMILES string of the molecule is CCc1ccc(C(=O)NC2C3CCC(C3)C2C(=O)O)cc1. The molecule has 2 bridgehead atoms. The van der Waals surface area contributed by atoms with E-state index in [0.717, 1.165) is 25.7 Å². The van der Waals surface area contributed by atoms with Gasteiger partial charge in [-0.1, -0.05) is 19.1 Å². The molecular weight excluding hydrogens is 266 g/mol. The van der Waals surface area contributed by atoms with Crippen LogP contribution in [0.1, 0.15) is 42.1 Å². The summed E-state index contributed by atoms with van der Waals surface area (Å²) in [4.78, 5) is 23.8. The Morgan fingerprint density at radius 2 is 1.86 bits per heavy atom. The van der Waals surface area contributed by atoms with E-state index in [4.69, 9.17) is 0 Å². The normalized spacial score (nSPS) is 30.3. The lowest BCUT2D eigenvalue weighted by atomic mass is 9.84. The van der Waals surface area contributed by atoms with E-state index in [2.05, 4.69) is 12.2 Å². The zero-order valence-corrected chi connectivity index (χ0v) is 12.2. The minimum atomic E-state index is -0.770. The average Bonchev–Trinajstić information content (AvgIpc) is 3.08. The number of carboxylic acid groups (broad SMARTS) is 1. The number of carboxylic acids is 1. The van der Waals surface area contributed by atoms with Crippen LogP contribution in [0.3, 0.4) is 0 Å². The number of aryl methyl sites for hydroxylation is 1. The number of benzene rings is 1. The van der Waals surface area contributed by atoms with E-state index in [1.54, 1.807) is 0 Å². The molecule has 0 aromatic heterocycles. The molecule has 4 heteroatoms. The summed E-state index contributed by atoms with van der Waals surface area (Å²) in [6.07, 6.45) is 3.90. The number of carbonyl (C=O) groups excluding carboxylic acids is 1. The van der Waals surface area contributed by atoms with Crippen LogP contribution in [0.2, 0.25) is 0 Å². The summed E-state index contributed by atoms with van der Waals surface area (Å²) in [7, 11) is 0. The summed E-state index contributed by atoms with van der Waals surface area (Å²) in [5.74, 6) is -0.770. The molecule has 0 saturated heterocycles. The van der Waals surface area contributed by atoms with E-state index < -0.39 is 11.9 Å². The first-order chi connectivity index (χ1) is 10.1. The van der Waals surface area contributed by atoms with Crippen molar-refractivity contribution in [2.24, 2.45) is 17.8 Å². The summed E-state index contributed by atoms with van der Waals surface area (Å²) < 4.78 is 0. The lowest BCUT2D eigenvalue weighted by molar-refractivity contribution is -0.144. The van der Waals surface area contributed by atoms with Crippen molar-refractivity contribution in [3.8, 4) is 0 Å². The van der Waals surface area contributed by atoms with E-state index in [1.165, 1.54) is 5.56 Å². The number of aliphatic carboxylic acids is 1. The van der Waals surface area contributed by atoms with Crippen LogP contribution in [0.15, 0.2) is 24.3 Å². The molecule has 3 rings (SSSR count). The van der Waals surface area contributed by atoms with Crippen molar-refractivity contribution in [2.75, 3.05) is 0 Å². The summed E-state index contributed by atoms with van der Waals surface area (Å²) >= 11 is 0. The van der Waals surface area contributed by atoms with Crippen molar-refractivity contribution in [1.29, 1.82) is 0 Å². The van der Waals surface area contributed by atoms with Gasteiger partial charge in [0.1, 0.15) is 0 Å². The smallest absolute Gasteiger partial charge is 0.308 e. The fourth-order valence-corrected chi connectivity index (χ4v) is 3.98. The van der Waals surface area contributed by atoms with Crippen molar-refractivity contribution < 1.29 is 14.7 Å². The molecule has 4 nitrogen and oxygen atoms in total. The Hall–Kier alpha value is -1.84. The number of hydrogen-bond donors (Lipinski definition) is 2. The summed E-state index contributed by atoms with van der Waals surface area (Å²) in [5.41, 5.74) is 1.80. The maximum Gasteiger partial charge on any atom is 0.308 e. The van der Waals surface area contributed by atoms with Crippen LogP contribution in [0.25, 0.3) is 0 Å². The quantitative estimate of drug-likeness (QED) is 0.894. The Bertz CT molecular complexity index is 552. The first-order valence-corrected chi connectivity index (χ1v) is 7.72. The van der Waals surface area contributed by atoms with Crippen LogP contribution < -0.4 is 5.32 Å². The van der Waals surface area contributed by atoms with Crippen molar-refractivity contribution in [3.63, 3.8) is 0 Å². The monoisotopic (exact) mass is 287 g/mol. The Morgan fingerprint density at radius 1 is 1.19 bits per heavy atom. The molecule has 0 aliphatic heterocycles. The number of carbonyl (C=O) groups is 2. The van der Waals surface area contributed by atoms with Crippen molar-refractivity contribution >= 4 is 11.9 Å². The van der Waals surface area contributed by atoms with Gasteiger partial charge in [0, 0.05) is 11.6 Å². The second-order valence-electron chi connectivity index (χ2n) is 6.25. The van der Waals surface area contributed by atoms with Crippen LogP contribution in [0.4, 0.5) is 0 Å². The average molecular weight is 287 g/mol. The van der Waals surface area contributed by atoms with E-state index in [1.807, 2.05) is 24.3 Å². The van der Waals surface area contributed by atoms with Gasteiger partial charge in [-0.05, 0) is 55.2 Å². The zero-order valence-electron chi connectivity index (χ0n) is 12.2. The summed E-state index contributed by atoms with van der Waals surface area (Å²) in [6.45, 7) is 2.07. The van der Waals surface area contributed by atoms with Gasteiger partial charge in [-0.15, -0.1) is 0 Å². The Balaban J connectivity index is 1.72. The molecule has 0 radical (unpaired) electrons. The molecule has 2 aliphatic rings.